The minimum atomic E-state index is -3.22. The van der Waals surface area contributed by atoms with E-state index in [4.69, 9.17) is 0 Å². The number of nitrogens with zero attached hydrogens (tertiary/aromatic N) is 2. The summed E-state index contributed by atoms with van der Waals surface area (Å²) in [6.07, 6.45) is 2.42. The van der Waals surface area contributed by atoms with Crippen molar-refractivity contribution in [3.63, 3.8) is 0 Å². The molecule has 1 aliphatic rings. The Balaban J connectivity index is 1.87. The number of benzene rings is 1. The second-order valence-electron chi connectivity index (χ2n) is 6.17. The molecule has 1 aliphatic heterocycles. The summed E-state index contributed by atoms with van der Waals surface area (Å²) in [6, 6.07) is 5.17. The Bertz CT molecular complexity index is 727. The van der Waals surface area contributed by atoms with Crippen molar-refractivity contribution in [2.45, 2.75) is 31.8 Å². The molecule has 25 heavy (non-hydrogen) atoms. The summed E-state index contributed by atoms with van der Waals surface area (Å²) in [4.78, 5) is 24.5. The number of nitrogens with one attached hydrogen (secondary N) is 2. The Kier molecular flexibility index (Phi) is 6.09. The van der Waals surface area contributed by atoms with Crippen molar-refractivity contribution < 1.29 is 18.1 Å². The molecule has 0 unspecified atom stereocenters. The van der Waals surface area contributed by atoms with Crippen molar-refractivity contribution in [1.82, 2.24) is 9.62 Å². The maximum Gasteiger partial charge on any atom is 0.269 e. The van der Waals surface area contributed by atoms with E-state index >= 15 is 0 Å². The molecular weight excluding hydrogens is 348 g/mol. The number of sulfonamides is 1. The Labute approximate surface area is 146 Å². The number of nitro benzene ring substituents is 1. The van der Waals surface area contributed by atoms with Crippen LogP contribution in [-0.4, -0.2) is 55.6 Å². The monoisotopic (exact) mass is 370 g/mol. The van der Waals surface area contributed by atoms with Crippen LogP contribution in [-0.2, 0) is 14.8 Å². The number of piperidine rings is 1. The molecule has 0 saturated carbocycles. The molecule has 1 atom stereocenters. The molecule has 2 rings (SSSR count). The Morgan fingerprint density at radius 2 is 1.84 bits per heavy atom. The minimum Gasteiger partial charge on any atom is -0.325 e. The molecule has 1 fully saturated rings. The van der Waals surface area contributed by atoms with Gasteiger partial charge in [0, 0.05) is 37.0 Å². The summed E-state index contributed by atoms with van der Waals surface area (Å²) in [5.41, 5.74) is 0.461. The van der Waals surface area contributed by atoms with Crippen LogP contribution in [0.1, 0.15) is 19.8 Å². The zero-order valence-corrected chi connectivity index (χ0v) is 15.0. The van der Waals surface area contributed by atoms with Crippen LogP contribution in [0.2, 0.25) is 0 Å². The largest absolute Gasteiger partial charge is 0.325 e. The molecule has 0 bridgehead atoms. The van der Waals surface area contributed by atoms with E-state index in [1.807, 2.05) is 4.90 Å². The van der Waals surface area contributed by atoms with Gasteiger partial charge in [-0.1, -0.05) is 0 Å². The third-order valence-corrected chi connectivity index (χ3v) is 4.94. The number of non-ortho nitro benzene ring substituents is 1. The molecule has 0 aliphatic carbocycles. The molecule has 0 spiro atoms. The zero-order chi connectivity index (χ0) is 18.6. The van der Waals surface area contributed by atoms with E-state index in [1.54, 1.807) is 6.92 Å². The Morgan fingerprint density at radius 1 is 1.28 bits per heavy atom. The van der Waals surface area contributed by atoms with Crippen molar-refractivity contribution in [2.24, 2.45) is 0 Å². The van der Waals surface area contributed by atoms with Crippen LogP contribution < -0.4 is 10.0 Å². The van der Waals surface area contributed by atoms with Gasteiger partial charge in [-0.15, -0.1) is 0 Å². The highest BCUT2D eigenvalue weighted by molar-refractivity contribution is 7.88. The molecule has 1 aromatic carbocycles. The first-order valence-electron chi connectivity index (χ1n) is 7.92. The van der Waals surface area contributed by atoms with Gasteiger partial charge in [0.15, 0.2) is 0 Å². The van der Waals surface area contributed by atoms with Gasteiger partial charge in [0.2, 0.25) is 15.9 Å². The number of likely N-dealkylation sites (tertiary alicyclic amines) is 1. The van der Waals surface area contributed by atoms with E-state index in [0.717, 1.165) is 6.26 Å². The highest BCUT2D eigenvalue weighted by atomic mass is 32.2. The molecule has 1 amide bonds. The molecule has 1 saturated heterocycles. The molecule has 10 heteroatoms. The van der Waals surface area contributed by atoms with E-state index < -0.39 is 14.9 Å². The van der Waals surface area contributed by atoms with Gasteiger partial charge < -0.3 is 5.32 Å². The molecule has 138 valence electrons. The second kappa shape index (κ2) is 7.89. The molecule has 1 aromatic rings. The summed E-state index contributed by atoms with van der Waals surface area (Å²) in [7, 11) is -3.22. The van der Waals surface area contributed by atoms with Gasteiger partial charge in [-0.25, -0.2) is 13.1 Å². The number of amides is 1. The summed E-state index contributed by atoms with van der Waals surface area (Å²) < 4.78 is 25.1. The van der Waals surface area contributed by atoms with Crippen LogP contribution in [0.3, 0.4) is 0 Å². The topological polar surface area (TPSA) is 122 Å². The van der Waals surface area contributed by atoms with Crippen molar-refractivity contribution >= 4 is 27.3 Å². The summed E-state index contributed by atoms with van der Waals surface area (Å²) in [5.74, 6) is -0.205. The van der Waals surface area contributed by atoms with Crippen molar-refractivity contribution in [1.29, 1.82) is 0 Å². The van der Waals surface area contributed by atoms with E-state index in [2.05, 4.69) is 10.0 Å². The first-order chi connectivity index (χ1) is 11.7. The Morgan fingerprint density at radius 3 is 2.32 bits per heavy atom. The first-order valence-corrected chi connectivity index (χ1v) is 9.81. The van der Waals surface area contributed by atoms with Gasteiger partial charge in [-0.05, 0) is 31.9 Å². The SMILES string of the molecule is C[C@H](C(=O)Nc1ccc([N+](=O)[O-])cc1)N1CCC(NS(C)(=O)=O)CC1. The number of hydrogen-bond acceptors (Lipinski definition) is 6. The minimum absolute atomic E-state index is 0.0357. The first kappa shape index (κ1) is 19.3. The van der Waals surface area contributed by atoms with Crippen LogP contribution in [0.25, 0.3) is 0 Å². The van der Waals surface area contributed by atoms with Gasteiger partial charge in [0.1, 0.15) is 0 Å². The lowest BCUT2D eigenvalue weighted by Crippen LogP contribution is -2.50. The van der Waals surface area contributed by atoms with Crippen LogP contribution >= 0.6 is 0 Å². The zero-order valence-electron chi connectivity index (χ0n) is 14.1. The lowest BCUT2D eigenvalue weighted by Gasteiger charge is -2.35. The average Bonchev–Trinajstić information content (AvgIpc) is 2.54. The molecule has 9 nitrogen and oxygen atoms in total. The highest BCUT2D eigenvalue weighted by Crippen LogP contribution is 2.18. The quantitative estimate of drug-likeness (QED) is 0.568. The van der Waals surface area contributed by atoms with E-state index in [1.165, 1.54) is 24.3 Å². The fourth-order valence-corrected chi connectivity index (χ4v) is 3.63. The van der Waals surface area contributed by atoms with Crippen LogP contribution in [0, 0.1) is 10.1 Å². The maximum atomic E-state index is 12.3. The van der Waals surface area contributed by atoms with Crippen LogP contribution in [0.4, 0.5) is 11.4 Å². The summed E-state index contributed by atoms with van der Waals surface area (Å²) >= 11 is 0. The van der Waals surface area contributed by atoms with Gasteiger partial charge in [-0.3, -0.25) is 19.8 Å². The molecular formula is C15H22N4O5S. The molecule has 0 aromatic heterocycles. The third kappa shape index (κ3) is 5.76. The second-order valence-corrected chi connectivity index (χ2v) is 7.95. The number of hydrogen-bond donors (Lipinski definition) is 2. The Hall–Kier alpha value is -2.04. The summed E-state index contributed by atoms with van der Waals surface area (Å²) in [6.45, 7) is 3.01. The lowest BCUT2D eigenvalue weighted by molar-refractivity contribution is -0.384. The van der Waals surface area contributed by atoms with Gasteiger partial charge in [0.25, 0.3) is 5.69 Å². The molecule has 0 radical (unpaired) electrons. The number of nitro groups is 1. The number of carbonyl (C=O) groups is 1. The standard InChI is InChI=1S/C15H22N4O5S/c1-11(18-9-7-13(8-10-18)17-25(2,23)24)15(20)16-12-3-5-14(6-4-12)19(21)22/h3-6,11,13,17H,7-10H2,1-2H3,(H,16,20)/t11-/m1/s1. The fourth-order valence-electron chi connectivity index (χ4n) is 2.79. The predicted octanol–water partition coefficient (Wildman–Crippen LogP) is 0.935. The number of carbonyl (C=O) groups excluding carboxylic acids is 1. The van der Waals surface area contributed by atoms with Crippen LogP contribution in [0.5, 0.6) is 0 Å². The van der Waals surface area contributed by atoms with E-state index in [0.29, 0.717) is 31.6 Å². The van der Waals surface area contributed by atoms with Crippen molar-refractivity contribution in [3.05, 3.63) is 34.4 Å². The third-order valence-electron chi connectivity index (χ3n) is 4.18. The molecule has 1 heterocycles. The lowest BCUT2D eigenvalue weighted by atomic mass is 10.0. The normalized spacial score (nSPS) is 17.8. The van der Waals surface area contributed by atoms with Crippen LogP contribution in [0.15, 0.2) is 24.3 Å². The highest BCUT2D eigenvalue weighted by Gasteiger charge is 2.27. The molecule has 2 N–H and O–H groups in total. The van der Waals surface area contributed by atoms with Crippen molar-refractivity contribution in [2.75, 3.05) is 24.7 Å². The van der Waals surface area contributed by atoms with Gasteiger partial charge in [-0.2, -0.15) is 0 Å². The fraction of sp³-hybridized carbons (Fsp3) is 0.533. The smallest absolute Gasteiger partial charge is 0.269 e. The maximum absolute atomic E-state index is 12.3. The predicted molar refractivity (Wildman–Crippen MR) is 93.8 cm³/mol. The van der Waals surface area contributed by atoms with Gasteiger partial charge in [0.05, 0.1) is 17.2 Å². The average molecular weight is 370 g/mol. The number of rotatable bonds is 6. The summed E-state index contributed by atoms with van der Waals surface area (Å²) in [5, 5.41) is 13.4. The van der Waals surface area contributed by atoms with Gasteiger partial charge >= 0.3 is 0 Å². The van der Waals surface area contributed by atoms with E-state index in [9.17, 15) is 23.3 Å². The van der Waals surface area contributed by atoms with Crippen molar-refractivity contribution in [3.8, 4) is 0 Å². The number of anilines is 1. The van der Waals surface area contributed by atoms with E-state index in [-0.39, 0.29) is 23.7 Å².